The molecule has 0 saturated heterocycles. The third kappa shape index (κ3) is 4.56. The number of nitrogen functional groups attached to an aromatic ring is 1. The highest BCUT2D eigenvalue weighted by molar-refractivity contribution is 5.76. The molecule has 0 radical (unpaired) electrons. The van der Waals surface area contributed by atoms with Crippen molar-refractivity contribution in [2.24, 2.45) is 0 Å². The number of rotatable bonds is 7. The molecule has 0 spiro atoms. The van der Waals surface area contributed by atoms with Gasteiger partial charge in [0.15, 0.2) is 0 Å². The largest absolute Gasteiger partial charge is 0.466 e. The summed E-state index contributed by atoms with van der Waals surface area (Å²) in [7, 11) is 0. The highest BCUT2D eigenvalue weighted by Gasteiger charge is 2.11. The van der Waals surface area contributed by atoms with E-state index in [1.165, 1.54) is 0 Å². The van der Waals surface area contributed by atoms with Crippen LogP contribution in [0.25, 0.3) is 0 Å². The third-order valence-electron chi connectivity index (χ3n) is 2.92. The molecule has 0 aromatic carbocycles. The molecule has 0 atom stereocenters. The molecule has 3 N–H and O–H groups in total. The lowest BCUT2D eigenvalue weighted by atomic mass is 10.3. The number of esters is 1. The van der Waals surface area contributed by atoms with Gasteiger partial charge in [-0.1, -0.05) is 0 Å². The smallest absolute Gasteiger partial charge is 0.305 e. The number of amides is 1. The fourth-order valence-electron chi connectivity index (χ4n) is 1.75. The predicted molar refractivity (Wildman–Crippen MR) is 75.0 cm³/mol. The zero-order valence-corrected chi connectivity index (χ0v) is 12.2. The summed E-state index contributed by atoms with van der Waals surface area (Å²) in [5.41, 5.74) is 7.91. The van der Waals surface area contributed by atoms with Crippen molar-refractivity contribution >= 4 is 17.6 Å². The van der Waals surface area contributed by atoms with Crippen LogP contribution in [-0.4, -0.2) is 34.8 Å². The maximum absolute atomic E-state index is 11.7. The van der Waals surface area contributed by atoms with Crippen LogP contribution in [0.1, 0.15) is 31.2 Å². The van der Waals surface area contributed by atoms with Crippen LogP contribution >= 0.6 is 0 Å². The number of anilines is 1. The van der Waals surface area contributed by atoms with Crippen LogP contribution in [0.4, 0.5) is 5.69 Å². The average molecular weight is 282 g/mol. The Morgan fingerprint density at radius 1 is 1.40 bits per heavy atom. The quantitative estimate of drug-likeness (QED) is 0.562. The monoisotopic (exact) mass is 282 g/mol. The van der Waals surface area contributed by atoms with Crippen LogP contribution in [0.2, 0.25) is 0 Å². The van der Waals surface area contributed by atoms with E-state index in [0.29, 0.717) is 31.7 Å². The van der Waals surface area contributed by atoms with E-state index in [0.717, 1.165) is 11.4 Å². The first kappa shape index (κ1) is 16.0. The molecule has 1 aromatic heterocycles. The lowest BCUT2D eigenvalue weighted by Crippen LogP contribution is -2.29. The molecule has 0 bridgehead atoms. The van der Waals surface area contributed by atoms with E-state index in [1.807, 2.05) is 6.92 Å². The Hall–Kier alpha value is -2.05. The van der Waals surface area contributed by atoms with Crippen LogP contribution < -0.4 is 11.1 Å². The van der Waals surface area contributed by atoms with Gasteiger partial charge in [-0.15, -0.1) is 0 Å². The number of hydrogen-bond acceptors (Lipinski definition) is 5. The number of hydrogen-bond donors (Lipinski definition) is 2. The lowest BCUT2D eigenvalue weighted by molar-refractivity contribution is -0.143. The van der Waals surface area contributed by atoms with Crippen LogP contribution in [0.5, 0.6) is 0 Å². The summed E-state index contributed by atoms with van der Waals surface area (Å²) in [6.45, 7) is 6.33. The van der Waals surface area contributed by atoms with Gasteiger partial charge < -0.3 is 15.8 Å². The number of carbonyl (C=O) groups excluding carboxylic acids is 2. The number of aryl methyl sites for hydroxylation is 1. The van der Waals surface area contributed by atoms with Gasteiger partial charge in [0, 0.05) is 13.0 Å². The van der Waals surface area contributed by atoms with Gasteiger partial charge in [-0.25, -0.2) is 0 Å². The molecule has 112 valence electrons. The number of carbonyl (C=O) groups is 2. The van der Waals surface area contributed by atoms with E-state index < -0.39 is 0 Å². The highest BCUT2D eigenvalue weighted by atomic mass is 16.5. The summed E-state index contributed by atoms with van der Waals surface area (Å²) in [5, 5.41) is 6.92. The van der Waals surface area contributed by atoms with Gasteiger partial charge in [-0.2, -0.15) is 5.10 Å². The SMILES string of the molecule is CCOC(=O)CCCNC(=O)Cn1nc(C)c(N)c1C. The van der Waals surface area contributed by atoms with Crippen molar-refractivity contribution in [2.75, 3.05) is 18.9 Å². The highest BCUT2D eigenvalue weighted by Crippen LogP contribution is 2.14. The van der Waals surface area contributed by atoms with E-state index >= 15 is 0 Å². The van der Waals surface area contributed by atoms with E-state index in [-0.39, 0.29) is 18.4 Å². The molecule has 0 saturated carbocycles. The summed E-state index contributed by atoms with van der Waals surface area (Å²) in [6, 6.07) is 0. The minimum atomic E-state index is -0.243. The molecule has 1 heterocycles. The topological polar surface area (TPSA) is 99.2 Å². The fourth-order valence-corrected chi connectivity index (χ4v) is 1.75. The summed E-state index contributed by atoms with van der Waals surface area (Å²) in [5.74, 6) is -0.396. The third-order valence-corrected chi connectivity index (χ3v) is 2.92. The molecule has 0 aliphatic rings. The molecule has 7 nitrogen and oxygen atoms in total. The zero-order chi connectivity index (χ0) is 15.1. The Morgan fingerprint density at radius 2 is 2.10 bits per heavy atom. The minimum Gasteiger partial charge on any atom is -0.466 e. The van der Waals surface area contributed by atoms with Crippen LogP contribution in [0.15, 0.2) is 0 Å². The Balaban J connectivity index is 2.30. The second kappa shape index (κ2) is 7.52. The lowest BCUT2D eigenvalue weighted by Gasteiger charge is -2.06. The van der Waals surface area contributed by atoms with Crippen molar-refractivity contribution in [3.05, 3.63) is 11.4 Å². The minimum absolute atomic E-state index is 0.128. The Bertz CT molecular complexity index is 482. The normalized spacial score (nSPS) is 10.3. The molecule has 1 rings (SSSR count). The molecular formula is C13H22N4O3. The van der Waals surface area contributed by atoms with Crippen LogP contribution in [0.3, 0.4) is 0 Å². The van der Waals surface area contributed by atoms with Gasteiger partial charge in [0.1, 0.15) is 6.54 Å². The van der Waals surface area contributed by atoms with Crippen molar-refractivity contribution < 1.29 is 14.3 Å². The summed E-state index contributed by atoms with van der Waals surface area (Å²) in [4.78, 5) is 22.8. The van der Waals surface area contributed by atoms with E-state index in [2.05, 4.69) is 10.4 Å². The van der Waals surface area contributed by atoms with Gasteiger partial charge >= 0.3 is 5.97 Å². The van der Waals surface area contributed by atoms with E-state index in [4.69, 9.17) is 10.5 Å². The van der Waals surface area contributed by atoms with Gasteiger partial charge in [-0.3, -0.25) is 14.3 Å². The van der Waals surface area contributed by atoms with Gasteiger partial charge in [0.25, 0.3) is 0 Å². The number of aromatic nitrogens is 2. The molecule has 0 aliphatic carbocycles. The number of nitrogens with two attached hydrogens (primary N) is 1. The Morgan fingerprint density at radius 3 is 2.65 bits per heavy atom. The maximum Gasteiger partial charge on any atom is 0.305 e. The molecular weight excluding hydrogens is 260 g/mol. The Labute approximate surface area is 118 Å². The predicted octanol–water partition coefficient (Wildman–Crippen LogP) is 0.542. The average Bonchev–Trinajstić information content (AvgIpc) is 2.63. The van der Waals surface area contributed by atoms with Gasteiger partial charge in [-0.05, 0) is 27.2 Å². The van der Waals surface area contributed by atoms with E-state index in [9.17, 15) is 9.59 Å². The van der Waals surface area contributed by atoms with Crippen molar-refractivity contribution in [1.29, 1.82) is 0 Å². The number of nitrogens with one attached hydrogen (secondary N) is 1. The molecule has 0 unspecified atom stereocenters. The first-order valence-electron chi connectivity index (χ1n) is 6.67. The summed E-state index contributed by atoms with van der Waals surface area (Å²) in [6.07, 6.45) is 0.866. The standard InChI is InChI=1S/C13H22N4O3/c1-4-20-12(19)6-5-7-15-11(18)8-17-10(3)13(14)9(2)16-17/h4-8,14H2,1-3H3,(H,15,18). The fraction of sp³-hybridized carbons (Fsp3) is 0.615. The molecule has 1 aromatic rings. The van der Waals surface area contributed by atoms with Crippen LogP contribution in [-0.2, 0) is 20.9 Å². The van der Waals surface area contributed by atoms with Crippen molar-refractivity contribution in [3.8, 4) is 0 Å². The first-order valence-corrected chi connectivity index (χ1v) is 6.67. The molecule has 0 fully saturated rings. The Kier molecular flexibility index (Phi) is 6.02. The van der Waals surface area contributed by atoms with E-state index in [1.54, 1.807) is 18.5 Å². The second-order valence-electron chi connectivity index (χ2n) is 4.50. The van der Waals surface area contributed by atoms with Crippen molar-refractivity contribution in [2.45, 2.75) is 40.2 Å². The van der Waals surface area contributed by atoms with Gasteiger partial charge in [0.05, 0.1) is 23.7 Å². The van der Waals surface area contributed by atoms with Gasteiger partial charge in [0.2, 0.25) is 5.91 Å². The second-order valence-corrected chi connectivity index (χ2v) is 4.50. The zero-order valence-electron chi connectivity index (χ0n) is 12.2. The molecule has 0 aliphatic heterocycles. The summed E-state index contributed by atoms with van der Waals surface area (Å²) >= 11 is 0. The first-order chi connectivity index (χ1) is 9.45. The molecule has 7 heteroatoms. The summed E-state index contributed by atoms with van der Waals surface area (Å²) < 4.78 is 6.37. The van der Waals surface area contributed by atoms with Crippen LogP contribution in [0, 0.1) is 13.8 Å². The molecule has 20 heavy (non-hydrogen) atoms. The molecule has 1 amide bonds. The number of ether oxygens (including phenoxy) is 1. The number of nitrogens with zero attached hydrogens (tertiary/aromatic N) is 2. The maximum atomic E-state index is 11.7. The van der Waals surface area contributed by atoms with Crippen molar-refractivity contribution in [3.63, 3.8) is 0 Å². The van der Waals surface area contributed by atoms with Crippen molar-refractivity contribution in [1.82, 2.24) is 15.1 Å².